The maximum absolute atomic E-state index is 11.3. The highest BCUT2D eigenvalue weighted by Crippen LogP contribution is 2.02. The highest BCUT2D eigenvalue weighted by Gasteiger charge is 2.29. The number of aliphatic hydroxyl groups is 2. The van der Waals surface area contributed by atoms with E-state index < -0.39 is 35.1 Å². The Kier molecular flexibility index (Phi) is 5.65. The third-order valence-corrected chi connectivity index (χ3v) is 2.77. The van der Waals surface area contributed by atoms with E-state index in [0.717, 1.165) is 0 Å². The molecule has 0 aromatic heterocycles. The van der Waals surface area contributed by atoms with Crippen LogP contribution in [0.2, 0.25) is 0 Å². The molecule has 0 atom stereocenters. The monoisotopic (exact) mass is 256 g/mol. The first-order valence-electron chi connectivity index (χ1n) is 4.49. The van der Waals surface area contributed by atoms with E-state index in [1.165, 1.54) is 13.8 Å². The van der Waals surface area contributed by atoms with Gasteiger partial charge < -0.3 is 14.9 Å². The molecule has 0 saturated heterocycles. The first-order valence-corrected chi connectivity index (χ1v) is 5.97. The average molecular weight is 256 g/mol. The van der Waals surface area contributed by atoms with Crippen LogP contribution in [0.4, 0.5) is 4.79 Å². The van der Waals surface area contributed by atoms with Crippen LogP contribution in [0.25, 0.3) is 0 Å². The molecule has 0 bridgehead atoms. The molecule has 0 unspecified atom stereocenters. The minimum Gasteiger partial charge on any atom is -0.449 e. The fourth-order valence-corrected chi connectivity index (χ4v) is 1.84. The van der Waals surface area contributed by atoms with Crippen molar-refractivity contribution < 1.29 is 28.2 Å². The van der Waals surface area contributed by atoms with Gasteiger partial charge in [0.15, 0.2) is 0 Å². The lowest BCUT2D eigenvalue weighted by Crippen LogP contribution is -2.55. The van der Waals surface area contributed by atoms with E-state index in [-0.39, 0.29) is 6.61 Å². The van der Waals surface area contributed by atoms with Crippen LogP contribution >= 0.6 is 0 Å². The third-order valence-electron chi connectivity index (χ3n) is 1.57. The Morgan fingerprint density at radius 2 is 1.88 bits per heavy atom. The molecular weight excluding hydrogens is 240 g/mol. The quantitative estimate of drug-likeness (QED) is 0.449. The van der Waals surface area contributed by atoms with Gasteiger partial charge in [0.05, 0.1) is 25.4 Å². The van der Waals surface area contributed by atoms with Crippen molar-refractivity contribution >= 4 is 16.3 Å². The fraction of sp³-hybridized carbons (Fsp3) is 0.857. The predicted octanol–water partition coefficient (Wildman–Crippen LogP) is -1.69. The molecular formula is C7H16N2O6S. The van der Waals surface area contributed by atoms with Crippen LogP contribution in [0.1, 0.15) is 13.8 Å². The summed E-state index contributed by atoms with van der Waals surface area (Å²) in [6, 6.07) is 0. The van der Waals surface area contributed by atoms with Gasteiger partial charge in [-0.2, -0.15) is 13.1 Å². The van der Waals surface area contributed by atoms with Crippen molar-refractivity contribution in [2.45, 2.75) is 19.4 Å². The standard InChI is InChI=1S/C7H16N2O6S/c1-3-15-6(12)8-16(13,14)9-7(2,4-10)5-11/h9-11H,3-5H2,1-2H3,(H,8,12). The summed E-state index contributed by atoms with van der Waals surface area (Å²) in [5.74, 6) is 0. The second-order valence-electron chi connectivity index (χ2n) is 3.30. The number of rotatable bonds is 6. The van der Waals surface area contributed by atoms with Crippen LogP contribution in [0, 0.1) is 0 Å². The molecule has 1 amide bonds. The van der Waals surface area contributed by atoms with Crippen LogP contribution in [0.3, 0.4) is 0 Å². The van der Waals surface area contributed by atoms with E-state index in [2.05, 4.69) is 4.74 Å². The van der Waals surface area contributed by atoms with Gasteiger partial charge in [-0.25, -0.2) is 9.52 Å². The van der Waals surface area contributed by atoms with Crippen molar-refractivity contribution in [3.8, 4) is 0 Å². The highest BCUT2D eigenvalue weighted by atomic mass is 32.2. The zero-order valence-electron chi connectivity index (χ0n) is 9.06. The minimum atomic E-state index is -4.18. The van der Waals surface area contributed by atoms with E-state index >= 15 is 0 Å². The van der Waals surface area contributed by atoms with Crippen molar-refractivity contribution in [3.63, 3.8) is 0 Å². The molecule has 0 aliphatic heterocycles. The number of amides is 1. The largest absolute Gasteiger partial charge is 0.449 e. The zero-order valence-corrected chi connectivity index (χ0v) is 9.87. The molecule has 4 N–H and O–H groups in total. The number of nitrogens with one attached hydrogen (secondary N) is 2. The summed E-state index contributed by atoms with van der Waals surface area (Å²) in [7, 11) is -4.18. The van der Waals surface area contributed by atoms with Gasteiger partial charge in [0.1, 0.15) is 0 Å². The van der Waals surface area contributed by atoms with Gasteiger partial charge in [0, 0.05) is 0 Å². The summed E-state index contributed by atoms with van der Waals surface area (Å²) in [4.78, 5) is 10.8. The summed E-state index contributed by atoms with van der Waals surface area (Å²) in [5, 5.41) is 17.7. The summed E-state index contributed by atoms with van der Waals surface area (Å²) in [6.07, 6.45) is -1.13. The van der Waals surface area contributed by atoms with Gasteiger partial charge in [0.25, 0.3) is 0 Å². The van der Waals surface area contributed by atoms with Crippen LogP contribution in [-0.2, 0) is 14.9 Å². The summed E-state index contributed by atoms with van der Waals surface area (Å²) >= 11 is 0. The van der Waals surface area contributed by atoms with E-state index in [1.54, 1.807) is 4.72 Å². The van der Waals surface area contributed by atoms with Crippen molar-refractivity contribution in [2.24, 2.45) is 0 Å². The zero-order chi connectivity index (χ0) is 12.8. The molecule has 16 heavy (non-hydrogen) atoms. The highest BCUT2D eigenvalue weighted by molar-refractivity contribution is 7.88. The summed E-state index contributed by atoms with van der Waals surface area (Å²) in [5.41, 5.74) is -1.45. The lowest BCUT2D eigenvalue weighted by Gasteiger charge is -2.25. The summed E-state index contributed by atoms with van der Waals surface area (Å²) in [6.45, 7) is 1.58. The summed E-state index contributed by atoms with van der Waals surface area (Å²) < 4.78 is 30.5. The minimum absolute atomic E-state index is 0.0264. The number of carbonyl (C=O) groups excluding carboxylic acids is 1. The van der Waals surface area contributed by atoms with E-state index in [0.29, 0.717) is 0 Å². The van der Waals surface area contributed by atoms with Crippen LogP contribution in [0.5, 0.6) is 0 Å². The van der Waals surface area contributed by atoms with Gasteiger partial charge >= 0.3 is 16.3 Å². The second kappa shape index (κ2) is 5.99. The predicted molar refractivity (Wildman–Crippen MR) is 54.8 cm³/mol. The molecule has 0 heterocycles. The Labute approximate surface area is 93.8 Å². The molecule has 0 aliphatic carbocycles. The molecule has 0 spiro atoms. The first kappa shape index (κ1) is 15.1. The van der Waals surface area contributed by atoms with Gasteiger partial charge in [0.2, 0.25) is 0 Å². The number of hydrogen-bond acceptors (Lipinski definition) is 6. The number of aliphatic hydroxyl groups excluding tert-OH is 2. The Morgan fingerprint density at radius 3 is 2.25 bits per heavy atom. The van der Waals surface area contributed by atoms with E-state index in [1.807, 2.05) is 4.72 Å². The molecule has 0 radical (unpaired) electrons. The molecule has 0 rings (SSSR count). The van der Waals surface area contributed by atoms with Crippen LogP contribution < -0.4 is 9.44 Å². The molecule has 0 aromatic carbocycles. The molecule has 0 fully saturated rings. The Bertz CT molecular complexity index is 324. The normalized spacial score (nSPS) is 12.2. The van der Waals surface area contributed by atoms with Gasteiger partial charge in [-0.1, -0.05) is 0 Å². The number of ether oxygens (including phenoxy) is 1. The molecule has 0 aromatic rings. The maximum atomic E-state index is 11.3. The Balaban J connectivity index is 4.52. The van der Waals surface area contributed by atoms with Crippen molar-refractivity contribution in [1.29, 1.82) is 0 Å². The van der Waals surface area contributed by atoms with E-state index in [9.17, 15) is 13.2 Å². The Morgan fingerprint density at radius 1 is 1.38 bits per heavy atom. The maximum Gasteiger partial charge on any atom is 0.421 e. The molecule has 0 aliphatic rings. The fourth-order valence-electron chi connectivity index (χ4n) is 0.735. The topological polar surface area (TPSA) is 125 Å². The molecule has 9 heteroatoms. The molecule has 8 nitrogen and oxygen atoms in total. The Hall–Kier alpha value is -0.900. The van der Waals surface area contributed by atoms with Gasteiger partial charge in [-0.15, -0.1) is 0 Å². The number of carbonyl (C=O) groups is 1. The third kappa shape index (κ3) is 5.26. The second-order valence-corrected chi connectivity index (χ2v) is 4.72. The first-order chi connectivity index (χ1) is 7.28. The molecule has 96 valence electrons. The van der Waals surface area contributed by atoms with Gasteiger partial charge in [-0.05, 0) is 13.8 Å². The van der Waals surface area contributed by atoms with Crippen LogP contribution in [0.15, 0.2) is 0 Å². The van der Waals surface area contributed by atoms with Crippen LogP contribution in [-0.4, -0.2) is 50.1 Å². The van der Waals surface area contributed by atoms with Crippen molar-refractivity contribution in [3.05, 3.63) is 0 Å². The lowest BCUT2D eigenvalue weighted by molar-refractivity contribution is 0.121. The van der Waals surface area contributed by atoms with E-state index in [4.69, 9.17) is 10.2 Å². The number of hydrogen-bond donors (Lipinski definition) is 4. The van der Waals surface area contributed by atoms with Crippen molar-refractivity contribution in [1.82, 2.24) is 9.44 Å². The lowest BCUT2D eigenvalue weighted by atomic mass is 10.1. The van der Waals surface area contributed by atoms with Gasteiger partial charge in [-0.3, -0.25) is 0 Å². The smallest absolute Gasteiger partial charge is 0.421 e. The SMILES string of the molecule is CCOC(=O)NS(=O)(=O)NC(C)(CO)CO. The molecule has 0 saturated carbocycles. The average Bonchev–Trinajstić information content (AvgIpc) is 2.16. The van der Waals surface area contributed by atoms with Crippen molar-refractivity contribution in [2.75, 3.05) is 19.8 Å².